The van der Waals surface area contributed by atoms with E-state index in [-0.39, 0.29) is 31.1 Å². The van der Waals surface area contributed by atoms with Gasteiger partial charge in [0.05, 0.1) is 0 Å². The summed E-state index contributed by atoms with van der Waals surface area (Å²) in [7, 11) is 0. The number of carbonyl (C=O) groups excluding carboxylic acids is 3. The average Bonchev–Trinajstić information content (AvgIpc) is 3.44. The first-order chi connectivity index (χ1) is 38.5. The molecule has 0 aliphatic carbocycles. The molecular formula is C72H126O6. The molecule has 0 spiro atoms. The highest BCUT2D eigenvalue weighted by Gasteiger charge is 2.19. The summed E-state index contributed by atoms with van der Waals surface area (Å²) in [4.78, 5) is 38.3. The maximum Gasteiger partial charge on any atom is 0.306 e. The van der Waals surface area contributed by atoms with Gasteiger partial charge < -0.3 is 14.2 Å². The second kappa shape index (κ2) is 66.1. The van der Waals surface area contributed by atoms with Crippen LogP contribution in [0.3, 0.4) is 0 Å². The number of rotatable bonds is 61. The van der Waals surface area contributed by atoms with Gasteiger partial charge >= 0.3 is 17.9 Å². The highest BCUT2D eigenvalue weighted by molar-refractivity contribution is 5.71. The smallest absolute Gasteiger partial charge is 0.306 e. The summed E-state index contributed by atoms with van der Waals surface area (Å²) in [6.07, 6.45) is 87.5. The summed E-state index contributed by atoms with van der Waals surface area (Å²) < 4.78 is 16.9. The number of unbranched alkanes of at least 4 members (excludes halogenated alkanes) is 36. The molecule has 0 radical (unpaired) electrons. The molecule has 1 atom stereocenters. The molecule has 78 heavy (non-hydrogen) atoms. The highest BCUT2D eigenvalue weighted by Crippen LogP contribution is 2.17. The Balaban J connectivity index is 4.20. The van der Waals surface area contributed by atoms with Gasteiger partial charge in [-0.3, -0.25) is 14.4 Å². The van der Waals surface area contributed by atoms with E-state index >= 15 is 0 Å². The van der Waals surface area contributed by atoms with E-state index in [0.717, 1.165) is 109 Å². The van der Waals surface area contributed by atoms with Crippen LogP contribution in [0.4, 0.5) is 0 Å². The molecule has 0 heterocycles. The summed E-state index contributed by atoms with van der Waals surface area (Å²) in [5, 5.41) is 0. The normalized spacial score (nSPS) is 12.6. The van der Waals surface area contributed by atoms with Gasteiger partial charge in [0.15, 0.2) is 6.10 Å². The van der Waals surface area contributed by atoms with Crippen molar-refractivity contribution in [1.29, 1.82) is 0 Å². The molecule has 1 unspecified atom stereocenters. The maximum atomic E-state index is 12.9. The van der Waals surface area contributed by atoms with Crippen molar-refractivity contribution in [3.8, 4) is 0 Å². The van der Waals surface area contributed by atoms with Crippen LogP contribution < -0.4 is 0 Å². The van der Waals surface area contributed by atoms with Crippen LogP contribution in [-0.2, 0) is 28.6 Å². The highest BCUT2D eigenvalue weighted by atomic mass is 16.6. The molecular weight excluding hydrogens is 961 g/mol. The molecule has 0 aliphatic rings. The number of ether oxygens (including phenoxy) is 3. The van der Waals surface area contributed by atoms with Crippen molar-refractivity contribution in [3.05, 3.63) is 85.1 Å². The lowest BCUT2D eigenvalue weighted by atomic mass is 10.0. The van der Waals surface area contributed by atoms with Crippen LogP contribution in [0, 0.1) is 0 Å². The zero-order chi connectivity index (χ0) is 56.4. The SMILES string of the molecule is CC/C=C\C/C=C\C/C=C\C/C=C\C/C=C\C/C=C\CCCCCCCCCCCCC(=O)OCC(COC(=O)CCCCCCC/C=C\CCC)OC(=O)CCCCCCCCCCCCCCCCCCCCCCC. The lowest BCUT2D eigenvalue weighted by molar-refractivity contribution is -0.167. The van der Waals surface area contributed by atoms with Crippen LogP contribution in [0.1, 0.15) is 335 Å². The number of hydrogen-bond acceptors (Lipinski definition) is 6. The van der Waals surface area contributed by atoms with Gasteiger partial charge in [-0.15, -0.1) is 0 Å². The Kier molecular flexibility index (Phi) is 63.2. The van der Waals surface area contributed by atoms with Crippen molar-refractivity contribution in [1.82, 2.24) is 0 Å². The Morgan fingerprint density at radius 3 is 0.846 bits per heavy atom. The molecule has 0 saturated carbocycles. The Morgan fingerprint density at radius 2 is 0.526 bits per heavy atom. The van der Waals surface area contributed by atoms with E-state index < -0.39 is 6.10 Å². The van der Waals surface area contributed by atoms with Crippen LogP contribution in [0.15, 0.2) is 85.1 Å². The summed E-state index contributed by atoms with van der Waals surface area (Å²) in [5.41, 5.74) is 0. The van der Waals surface area contributed by atoms with Crippen LogP contribution >= 0.6 is 0 Å². The van der Waals surface area contributed by atoms with E-state index in [2.05, 4.69) is 106 Å². The van der Waals surface area contributed by atoms with E-state index in [1.807, 2.05) is 0 Å². The number of carbonyl (C=O) groups is 3. The molecule has 6 heteroatoms. The number of hydrogen-bond donors (Lipinski definition) is 0. The van der Waals surface area contributed by atoms with Crippen LogP contribution in [0.2, 0.25) is 0 Å². The van der Waals surface area contributed by atoms with Crippen molar-refractivity contribution in [2.45, 2.75) is 341 Å². The second-order valence-corrected chi connectivity index (χ2v) is 22.4. The topological polar surface area (TPSA) is 78.9 Å². The third-order valence-electron chi connectivity index (χ3n) is 14.6. The van der Waals surface area contributed by atoms with E-state index in [9.17, 15) is 14.4 Å². The average molecular weight is 1090 g/mol. The van der Waals surface area contributed by atoms with Crippen molar-refractivity contribution in [2.24, 2.45) is 0 Å². The largest absolute Gasteiger partial charge is 0.462 e. The third-order valence-corrected chi connectivity index (χ3v) is 14.6. The minimum absolute atomic E-state index is 0.0781. The number of allylic oxidation sites excluding steroid dienone is 14. The zero-order valence-corrected chi connectivity index (χ0v) is 51.7. The number of esters is 3. The predicted molar refractivity (Wildman–Crippen MR) is 339 cm³/mol. The van der Waals surface area contributed by atoms with E-state index in [1.54, 1.807) is 0 Å². The first-order valence-corrected chi connectivity index (χ1v) is 33.6. The molecule has 0 aromatic heterocycles. The van der Waals surface area contributed by atoms with Crippen LogP contribution in [-0.4, -0.2) is 37.2 Å². The second-order valence-electron chi connectivity index (χ2n) is 22.4. The molecule has 450 valence electrons. The predicted octanol–water partition coefficient (Wildman–Crippen LogP) is 23.1. The monoisotopic (exact) mass is 1090 g/mol. The van der Waals surface area contributed by atoms with Gasteiger partial charge in [-0.2, -0.15) is 0 Å². The van der Waals surface area contributed by atoms with Gasteiger partial charge in [0, 0.05) is 19.3 Å². The first kappa shape index (κ1) is 74.6. The van der Waals surface area contributed by atoms with Gasteiger partial charge in [0.25, 0.3) is 0 Å². The fourth-order valence-corrected chi connectivity index (χ4v) is 9.63. The minimum atomic E-state index is -0.780. The molecule has 0 aromatic carbocycles. The van der Waals surface area contributed by atoms with E-state index in [4.69, 9.17) is 14.2 Å². The van der Waals surface area contributed by atoms with E-state index in [1.165, 1.54) is 186 Å². The minimum Gasteiger partial charge on any atom is -0.462 e. The summed E-state index contributed by atoms with van der Waals surface area (Å²) in [6, 6.07) is 0. The van der Waals surface area contributed by atoms with Crippen molar-refractivity contribution < 1.29 is 28.6 Å². The van der Waals surface area contributed by atoms with Crippen molar-refractivity contribution in [3.63, 3.8) is 0 Å². The fraction of sp³-hybridized carbons (Fsp3) is 0.764. The first-order valence-electron chi connectivity index (χ1n) is 33.6. The third kappa shape index (κ3) is 63.4. The Morgan fingerprint density at radius 1 is 0.269 bits per heavy atom. The maximum absolute atomic E-state index is 12.9. The van der Waals surface area contributed by atoms with Gasteiger partial charge in [-0.25, -0.2) is 0 Å². The van der Waals surface area contributed by atoms with Crippen LogP contribution in [0.25, 0.3) is 0 Å². The quantitative estimate of drug-likeness (QED) is 0.0261. The molecule has 0 amide bonds. The molecule has 0 rings (SSSR count). The lowest BCUT2D eigenvalue weighted by Gasteiger charge is -2.18. The Hall–Kier alpha value is -3.41. The zero-order valence-electron chi connectivity index (χ0n) is 51.7. The summed E-state index contributed by atoms with van der Waals surface area (Å²) in [6.45, 7) is 6.50. The van der Waals surface area contributed by atoms with Gasteiger partial charge in [-0.05, 0) is 89.9 Å². The molecule has 0 aromatic rings. The van der Waals surface area contributed by atoms with Crippen molar-refractivity contribution >= 4 is 17.9 Å². The van der Waals surface area contributed by atoms with Crippen molar-refractivity contribution in [2.75, 3.05) is 13.2 Å². The molecule has 0 aliphatic heterocycles. The molecule has 0 bridgehead atoms. The fourth-order valence-electron chi connectivity index (χ4n) is 9.63. The van der Waals surface area contributed by atoms with Crippen LogP contribution in [0.5, 0.6) is 0 Å². The van der Waals surface area contributed by atoms with E-state index in [0.29, 0.717) is 19.3 Å². The molecule has 0 fully saturated rings. The molecule has 0 N–H and O–H groups in total. The van der Waals surface area contributed by atoms with Gasteiger partial charge in [0.1, 0.15) is 13.2 Å². The van der Waals surface area contributed by atoms with Gasteiger partial charge in [-0.1, -0.05) is 311 Å². The molecule has 6 nitrogen and oxygen atoms in total. The van der Waals surface area contributed by atoms with Gasteiger partial charge in [0.2, 0.25) is 0 Å². The Bertz CT molecular complexity index is 1480. The standard InChI is InChI=1S/C72H126O6/c1-4-7-10-13-16-19-22-24-26-28-30-32-33-34-35-36-37-38-39-41-42-44-46-48-50-53-56-59-62-65-71(74)77-68-69(67-76-70(73)64-61-58-55-52-21-18-15-12-9-6-3)78-72(75)66-63-60-57-54-51-49-47-45-43-40-31-29-27-25-23-20-17-14-11-8-5-2/h7,10,12,15-16,19,24,26,30,32,34-35,37-38,69H,4-6,8-9,11,13-14,17-18,20-23,25,27-29,31,33,36,39-68H2,1-3H3/b10-7-,15-12-,19-16-,26-24-,32-30-,35-34-,38-37-. The lowest BCUT2D eigenvalue weighted by Crippen LogP contribution is -2.30. The Labute approximate surface area is 484 Å². The summed E-state index contributed by atoms with van der Waals surface area (Å²) in [5.74, 6) is -0.877. The summed E-state index contributed by atoms with van der Waals surface area (Å²) >= 11 is 0. The molecule has 0 saturated heterocycles.